The van der Waals surface area contributed by atoms with Crippen molar-refractivity contribution >= 4 is 28.9 Å². The predicted octanol–water partition coefficient (Wildman–Crippen LogP) is 3.46. The molecule has 6 heteroatoms. The highest BCUT2D eigenvalue weighted by molar-refractivity contribution is 6.42. The topological polar surface area (TPSA) is 63.4 Å². The van der Waals surface area contributed by atoms with Crippen LogP contribution in [0.4, 0.5) is 5.69 Å². The van der Waals surface area contributed by atoms with Crippen LogP contribution in [0.5, 0.6) is 0 Å². The molecule has 1 rings (SSSR count). The number of aliphatic hydroxyl groups is 1. The lowest BCUT2D eigenvalue weighted by Gasteiger charge is -2.14. The molecule has 0 bridgehead atoms. The third kappa shape index (κ3) is 3.56. The van der Waals surface area contributed by atoms with Gasteiger partial charge in [-0.05, 0) is 12.0 Å². The van der Waals surface area contributed by atoms with Gasteiger partial charge in [-0.2, -0.15) is 0 Å². The van der Waals surface area contributed by atoms with E-state index in [1.807, 2.05) is 13.8 Å². The third-order valence-electron chi connectivity index (χ3n) is 2.52. The van der Waals surface area contributed by atoms with E-state index < -0.39 is 11.0 Å². The highest BCUT2D eigenvalue weighted by atomic mass is 35.5. The van der Waals surface area contributed by atoms with Crippen LogP contribution < -0.4 is 0 Å². The van der Waals surface area contributed by atoms with Crippen molar-refractivity contribution in [3.63, 3.8) is 0 Å². The molecule has 1 N–H and O–H groups in total. The zero-order valence-corrected chi connectivity index (χ0v) is 11.0. The average molecular weight is 278 g/mol. The molecule has 1 unspecified atom stereocenters. The Morgan fingerprint density at radius 3 is 2.35 bits per heavy atom. The number of hydrogen-bond donors (Lipinski definition) is 1. The minimum absolute atomic E-state index is 0.0176. The minimum Gasteiger partial charge on any atom is -0.393 e. The molecule has 0 aliphatic carbocycles. The van der Waals surface area contributed by atoms with E-state index in [4.69, 9.17) is 23.2 Å². The van der Waals surface area contributed by atoms with Gasteiger partial charge in [-0.3, -0.25) is 10.1 Å². The second-order valence-corrected chi connectivity index (χ2v) is 4.98. The minimum atomic E-state index is -0.647. The van der Waals surface area contributed by atoms with Gasteiger partial charge in [0.25, 0.3) is 5.69 Å². The van der Waals surface area contributed by atoms with Gasteiger partial charge in [-0.15, -0.1) is 0 Å². The first-order valence-electron chi connectivity index (χ1n) is 5.13. The molecule has 4 nitrogen and oxygen atoms in total. The summed E-state index contributed by atoms with van der Waals surface area (Å²) in [5.74, 6) is 0.0176. The molecule has 0 aliphatic heterocycles. The summed E-state index contributed by atoms with van der Waals surface area (Å²) in [5, 5.41) is 21.0. The molecule has 94 valence electrons. The summed E-state index contributed by atoms with van der Waals surface area (Å²) in [6.45, 7) is 3.68. The first-order chi connectivity index (χ1) is 7.82. The van der Waals surface area contributed by atoms with Gasteiger partial charge in [0.05, 0.1) is 21.1 Å². The normalized spacial score (nSPS) is 12.8. The van der Waals surface area contributed by atoms with E-state index in [-0.39, 0.29) is 28.1 Å². The molecule has 0 aliphatic rings. The molecule has 0 radical (unpaired) electrons. The smallest absolute Gasteiger partial charge is 0.274 e. The van der Waals surface area contributed by atoms with Crippen LogP contribution >= 0.6 is 23.2 Å². The van der Waals surface area contributed by atoms with Crippen LogP contribution in [-0.4, -0.2) is 16.1 Å². The van der Waals surface area contributed by atoms with Crippen LogP contribution in [-0.2, 0) is 6.42 Å². The number of rotatable bonds is 4. The SMILES string of the molecule is CC(C)C(O)Cc1cc(Cl)c(Cl)cc1[N+](=O)[O-]. The van der Waals surface area contributed by atoms with Crippen LogP contribution in [0.2, 0.25) is 10.0 Å². The van der Waals surface area contributed by atoms with Crippen LogP contribution in [0.1, 0.15) is 19.4 Å². The van der Waals surface area contributed by atoms with Gasteiger partial charge in [0.2, 0.25) is 0 Å². The summed E-state index contributed by atoms with van der Waals surface area (Å²) in [7, 11) is 0. The second kappa shape index (κ2) is 5.67. The maximum atomic E-state index is 10.9. The van der Waals surface area contributed by atoms with E-state index in [9.17, 15) is 15.2 Å². The van der Waals surface area contributed by atoms with E-state index in [1.54, 1.807) is 0 Å². The Morgan fingerprint density at radius 1 is 1.35 bits per heavy atom. The van der Waals surface area contributed by atoms with E-state index in [1.165, 1.54) is 12.1 Å². The van der Waals surface area contributed by atoms with Crippen molar-refractivity contribution in [3.05, 3.63) is 37.9 Å². The van der Waals surface area contributed by atoms with Crippen molar-refractivity contribution < 1.29 is 10.0 Å². The molecule has 0 fully saturated rings. The maximum absolute atomic E-state index is 10.9. The lowest BCUT2D eigenvalue weighted by molar-refractivity contribution is -0.385. The monoisotopic (exact) mass is 277 g/mol. The first-order valence-corrected chi connectivity index (χ1v) is 5.89. The standard InChI is InChI=1S/C11H13Cl2NO3/c1-6(2)11(15)4-7-3-8(12)9(13)5-10(7)14(16)17/h3,5-6,11,15H,4H2,1-2H3. The van der Waals surface area contributed by atoms with E-state index in [2.05, 4.69) is 0 Å². The Morgan fingerprint density at radius 2 is 1.88 bits per heavy atom. The number of hydrogen-bond acceptors (Lipinski definition) is 3. The van der Waals surface area contributed by atoms with Gasteiger partial charge in [-0.1, -0.05) is 37.0 Å². The number of nitro benzene ring substituents is 1. The lowest BCUT2D eigenvalue weighted by Crippen LogP contribution is -2.18. The molecule has 1 aromatic rings. The average Bonchev–Trinajstić information content (AvgIpc) is 2.22. The van der Waals surface area contributed by atoms with Crippen molar-refractivity contribution in [3.8, 4) is 0 Å². The summed E-state index contributed by atoms with van der Waals surface area (Å²) < 4.78 is 0. The highest BCUT2D eigenvalue weighted by Crippen LogP contribution is 2.31. The first kappa shape index (κ1) is 14.2. The highest BCUT2D eigenvalue weighted by Gasteiger charge is 2.20. The summed E-state index contributed by atoms with van der Waals surface area (Å²) in [6.07, 6.45) is -0.462. The second-order valence-electron chi connectivity index (χ2n) is 4.17. The molecular weight excluding hydrogens is 265 g/mol. The van der Waals surface area contributed by atoms with Crippen LogP contribution in [0, 0.1) is 16.0 Å². The number of benzene rings is 1. The van der Waals surface area contributed by atoms with Crippen molar-refractivity contribution in [1.29, 1.82) is 0 Å². The predicted molar refractivity (Wildman–Crippen MR) is 67.7 cm³/mol. The zero-order chi connectivity index (χ0) is 13.2. The Kier molecular flexibility index (Phi) is 4.74. The van der Waals surface area contributed by atoms with Crippen molar-refractivity contribution in [1.82, 2.24) is 0 Å². The summed E-state index contributed by atoms with van der Waals surface area (Å²) in [5.41, 5.74) is 0.282. The largest absolute Gasteiger partial charge is 0.393 e. The number of halogens is 2. The summed E-state index contributed by atoms with van der Waals surface area (Å²) in [6, 6.07) is 2.65. The van der Waals surface area contributed by atoms with Crippen LogP contribution in [0.3, 0.4) is 0 Å². The van der Waals surface area contributed by atoms with Gasteiger partial charge in [0, 0.05) is 18.1 Å². The number of aliphatic hydroxyl groups excluding tert-OH is 1. The fraction of sp³-hybridized carbons (Fsp3) is 0.455. The van der Waals surface area contributed by atoms with E-state index in [0.29, 0.717) is 5.56 Å². The number of nitrogens with zero attached hydrogens (tertiary/aromatic N) is 1. The summed E-state index contributed by atoms with van der Waals surface area (Å²) >= 11 is 11.5. The molecular formula is C11H13Cl2NO3. The molecule has 0 amide bonds. The van der Waals surface area contributed by atoms with Gasteiger partial charge in [0.1, 0.15) is 0 Å². The maximum Gasteiger partial charge on any atom is 0.274 e. The quantitative estimate of drug-likeness (QED) is 0.677. The van der Waals surface area contributed by atoms with Gasteiger partial charge in [0.15, 0.2) is 0 Å². The van der Waals surface area contributed by atoms with Crippen molar-refractivity contribution in [2.24, 2.45) is 5.92 Å². The fourth-order valence-electron chi connectivity index (χ4n) is 1.37. The lowest BCUT2D eigenvalue weighted by atomic mass is 9.98. The Bertz CT molecular complexity index is 435. The van der Waals surface area contributed by atoms with Gasteiger partial charge >= 0.3 is 0 Å². The number of nitro groups is 1. The van der Waals surface area contributed by atoms with Crippen molar-refractivity contribution in [2.45, 2.75) is 26.4 Å². The van der Waals surface area contributed by atoms with Crippen molar-refractivity contribution in [2.75, 3.05) is 0 Å². The Labute approximate surface area is 109 Å². The molecule has 0 heterocycles. The molecule has 1 aromatic carbocycles. The van der Waals surface area contributed by atoms with E-state index >= 15 is 0 Å². The molecule has 17 heavy (non-hydrogen) atoms. The molecule has 0 saturated carbocycles. The van der Waals surface area contributed by atoms with Gasteiger partial charge < -0.3 is 5.11 Å². The fourth-order valence-corrected chi connectivity index (χ4v) is 1.72. The van der Waals surface area contributed by atoms with Gasteiger partial charge in [-0.25, -0.2) is 0 Å². The molecule has 0 saturated heterocycles. The van der Waals surface area contributed by atoms with Crippen LogP contribution in [0.15, 0.2) is 12.1 Å². The Balaban J connectivity index is 3.13. The molecule has 1 atom stereocenters. The molecule has 0 aromatic heterocycles. The zero-order valence-electron chi connectivity index (χ0n) is 9.48. The molecule has 0 spiro atoms. The summed E-state index contributed by atoms with van der Waals surface area (Å²) in [4.78, 5) is 10.3. The van der Waals surface area contributed by atoms with Crippen LogP contribution in [0.25, 0.3) is 0 Å². The third-order valence-corrected chi connectivity index (χ3v) is 3.24. The van der Waals surface area contributed by atoms with E-state index in [0.717, 1.165) is 0 Å². The Hall–Kier alpha value is -0.840.